The molecule has 3 rings (SSSR count). The minimum Gasteiger partial charge on any atom is -0.493 e. The van der Waals surface area contributed by atoms with E-state index in [4.69, 9.17) is 14.2 Å². The standard InChI is InChI=1S/C24H34N2O6S/c1-18-5-8-24(19(2)13-18)33(28,29)26-11-9-25(10-12-26)15-21(27)17-32-16-20-6-7-22(30-3)23(14-20)31-4/h5-8,13-14,21,27H,9-12,15-17H2,1-4H3/t21-/m0/s1. The lowest BCUT2D eigenvalue weighted by molar-refractivity contribution is 0.00534. The van der Waals surface area contributed by atoms with Gasteiger partial charge in [0, 0.05) is 32.7 Å². The van der Waals surface area contributed by atoms with Crippen molar-refractivity contribution in [3.8, 4) is 11.5 Å². The average molecular weight is 479 g/mol. The maximum absolute atomic E-state index is 13.0. The third kappa shape index (κ3) is 6.45. The molecule has 0 unspecified atom stereocenters. The number of aryl methyl sites for hydroxylation is 2. The number of β-amino-alcohol motifs (C(OH)–C–C–N with tert-alkyl or cyclic N) is 1. The smallest absolute Gasteiger partial charge is 0.243 e. The molecule has 33 heavy (non-hydrogen) atoms. The number of hydrogen-bond acceptors (Lipinski definition) is 7. The van der Waals surface area contributed by atoms with E-state index in [1.807, 2.05) is 44.2 Å². The molecule has 0 bridgehead atoms. The summed E-state index contributed by atoms with van der Waals surface area (Å²) in [5.74, 6) is 1.28. The lowest BCUT2D eigenvalue weighted by Gasteiger charge is -2.35. The van der Waals surface area contributed by atoms with Crippen molar-refractivity contribution in [3.63, 3.8) is 0 Å². The number of piperazine rings is 1. The van der Waals surface area contributed by atoms with Crippen molar-refractivity contribution in [1.82, 2.24) is 9.21 Å². The molecule has 9 heteroatoms. The number of rotatable bonds is 10. The first-order valence-corrected chi connectivity index (χ1v) is 12.4. The van der Waals surface area contributed by atoms with Crippen LogP contribution in [0.1, 0.15) is 16.7 Å². The molecule has 1 N–H and O–H groups in total. The van der Waals surface area contributed by atoms with E-state index < -0.39 is 16.1 Å². The Balaban J connectivity index is 1.45. The van der Waals surface area contributed by atoms with Crippen molar-refractivity contribution in [2.75, 3.05) is 53.6 Å². The van der Waals surface area contributed by atoms with E-state index in [0.29, 0.717) is 55.7 Å². The molecule has 0 aromatic heterocycles. The van der Waals surface area contributed by atoms with Crippen LogP contribution in [0.25, 0.3) is 0 Å². The Hall–Kier alpha value is -2.17. The van der Waals surface area contributed by atoms with Crippen LogP contribution >= 0.6 is 0 Å². The number of aliphatic hydroxyl groups is 1. The molecule has 0 saturated carbocycles. The van der Waals surface area contributed by atoms with Crippen LogP contribution in [0.5, 0.6) is 11.5 Å². The van der Waals surface area contributed by atoms with Gasteiger partial charge in [-0.05, 0) is 43.2 Å². The van der Waals surface area contributed by atoms with Crippen molar-refractivity contribution in [3.05, 3.63) is 53.1 Å². The lowest BCUT2D eigenvalue weighted by Crippen LogP contribution is -2.50. The predicted octanol–water partition coefficient (Wildman–Crippen LogP) is 2.20. The van der Waals surface area contributed by atoms with Gasteiger partial charge in [-0.15, -0.1) is 0 Å². The molecule has 0 radical (unpaired) electrons. The Morgan fingerprint density at radius 2 is 1.67 bits per heavy atom. The van der Waals surface area contributed by atoms with Gasteiger partial charge in [0.15, 0.2) is 11.5 Å². The molecule has 0 amide bonds. The van der Waals surface area contributed by atoms with Crippen LogP contribution < -0.4 is 9.47 Å². The zero-order valence-electron chi connectivity index (χ0n) is 19.8. The molecule has 0 aliphatic carbocycles. The van der Waals surface area contributed by atoms with Gasteiger partial charge in [-0.3, -0.25) is 4.90 Å². The topological polar surface area (TPSA) is 88.5 Å². The second kappa shape index (κ2) is 11.3. The highest BCUT2D eigenvalue weighted by molar-refractivity contribution is 7.89. The zero-order chi connectivity index (χ0) is 24.0. The second-order valence-corrected chi connectivity index (χ2v) is 10.2. The number of methoxy groups -OCH3 is 2. The summed E-state index contributed by atoms with van der Waals surface area (Å²) in [7, 11) is -0.348. The Morgan fingerprint density at radius 3 is 2.30 bits per heavy atom. The molecular weight excluding hydrogens is 444 g/mol. The molecular formula is C24H34N2O6S. The lowest BCUT2D eigenvalue weighted by atomic mass is 10.2. The average Bonchev–Trinajstić information content (AvgIpc) is 2.79. The summed E-state index contributed by atoms with van der Waals surface area (Å²) in [6.45, 7) is 6.68. The fraction of sp³-hybridized carbons (Fsp3) is 0.500. The van der Waals surface area contributed by atoms with Gasteiger partial charge in [-0.2, -0.15) is 4.31 Å². The summed E-state index contributed by atoms with van der Waals surface area (Å²) in [6, 6.07) is 11.0. The molecule has 182 valence electrons. The highest BCUT2D eigenvalue weighted by Gasteiger charge is 2.30. The fourth-order valence-corrected chi connectivity index (χ4v) is 5.64. The van der Waals surface area contributed by atoms with Gasteiger partial charge in [-0.1, -0.05) is 23.8 Å². The van der Waals surface area contributed by atoms with Crippen molar-refractivity contribution >= 4 is 10.0 Å². The largest absolute Gasteiger partial charge is 0.493 e. The van der Waals surface area contributed by atoms with E-state index in [0.717, 1.165) is 16.7 Å². The SMILES string of the molecule is COc1ccc(COC[C@@H](O)CN2CCN(S(=O)(=O)c3ccc(C)cc3C)CC2)cc1OC. The Labute approximate surface area is 196 Å². The maximum Gasteiger partial charge on any atom is 0.243 e. The van der Waals surface area contributed by atoms with Crippen molar-refractivity contribution in [1.29, 1.82) is 0 Å². The Bertz CT molecular complexity index is 1040. The molecule has 1 aliphatic heterocycles. The minimum atomic E-state index is -3.52. The second-order valence-electron chi connectivity index (χ2n) is 8.33. The molecule has 1 heterocycles. The molecule has 2 aromatic carbocycles. The molecule has 1 saturated heterocycles. The number of aliphatic hydroxyl groups excluding tert-OH is 1. The van der Waals surface area contributed by atoms with Gasteiger partial charge in [0.25, 0.3) is 0 Å². The monoisotopic (exact) mass is 478 g/mol. The Kier molecular flexibility index (Phi) is 8.72. The van der Waals surface area contributed by atoms with E-state index in [1.165, 1.54) is 4.31 Å². The van der Waals surface area contributed by atoms with Crippen molar-refractivity contribution in [2.45, 2.75) is 31.5 Å². The van der Waals surface area contributed by atoms with E-state index >= 15 is 0 Å². The fourth-order valence-electron chi connectivity index (χ4n) is 4.01. The number of ether oxygens (including phenoxy) is 3. The van der Waals surface area contributed by atoms with E-state index in [2.05, 4.69) is 4.90 Å². The third-order valence-corrected chi connectivity index (χ3v) is 7.83. The summed E-state index contributed by atoms with van der Waals surface area (Å²) < 4.78 is 43.8. The van der Waals surface area contributed by atoms with Crippen molar-refractivity contribution < 1.29 is 27.7 Å². The van der Waals surface area contributed by atoms with Gasteiger partial charge >= 0.3 is 0 Å². The van der Waals surface area contributed by atoms with Crippen molar-refractivity contribution in [2.24, 2.45) is 0 Å². The van der Waals surface area contributed by atoms with E-state index in [9.17, 15) is 13.5 Å². The van der Waals surface area contributed by atoms with Crippen LogP contribution in [0, 0.1) is 13.8 Å². The molecule has 1 atom stereocenters. The predicted molar refractivity (Wildman–Crippen MR) is 126 cm³/mol. The van der Waals surface area contributed by atoms with Crippen LogP contribution in [-0.4, -0.2) is 82.4 Å². The van der Waals surface area contributed by atoms with Gasteiger partial charge in [0.05, 0.1) is 38.4 Å². The highest BCUT2D eigenvalue weighted by atomic mass is 32.2. The van der Waals surface area contributed by atoms with Crippen LogP contribution in [0.3, 0.4) is 0 Å². The summed E-state index contributed by atoms with van der Waals surface area (Å²) in [4.78, 5) is 2.43. The van der Waals surface area contributed by atoms with Crippen LogP contribution in [0.4, 0.5) is 0 Å². The number of nitrogens with zero attached hydrogens (tertiary/aromatic N) is 2. The summed E-state index contributed by atoms with van der Waals surface area (Å²) in [6.07, 6.45) is -0.660. The molecule has 0 spiro atoms. The first kappa shape index (κ1) is 25.5. The molecule has 1 fully saturated rings. The molecule has 1 aliphatic rings. The van der Waals surface area contributed by atoms with Gasteiger partial charge < -0.3 is 19.3 Å². The number of sulfonamides is 1. The van der Waals surface area contributed by atoms with Gasteiger partial charge in [-0.25, -0.2) is 8.42 Å². The molecule has 2 aromatic rings. The van der Waals surface area contributed by atoms with Crippen LogP contribution in [0.15, 0.2) is 41.3 Å². The quantitative estimate of drug-likeness (QED) is 0.560. The normalized spacial score (nSPS) is 16.5. The number of hydrogen-bond donors (Lipinski definition) is 1. The highest BCUT2D eigenvalue weighted by Crippen LogP contribution is 2.28. The summed E-state index contributed by atoms with van der Waals surface area (Å²) in [5.41, 5.74) is 2.73. The van der Waals surface area contributed by atoms with Crippen LogP contribution in [-0.2, 0) is 21.4 Å². The Morgan fingerprint density at radius 1 is 0.970 bits per heavy atom. The van der Waals surface area contributed by atoms with E-state index in [-0.39, 0.29) is 6.61 Å². The summed E-state index contributed by atoms with van der Waals surface area (Å²) >= 11 is 0. The van der Waals surface area contributed by atoms with Gasteiger partial charge in [0.1, 0.15) is 0 Å². The first-order valence-electron chi connectivity index (χ1n) is 11.0. The maximum atomic E-state index is 13.0. The zero-order valence-corrected chi connectivity index (χ0v) is 20.6. The number of benzene rings is 2. The van der Waals surface area contributed by atoms with E-state index in [1.54, 1.807) is 20.3 Å². The minimum absolute atomic E-state index is 0.190. The third-order valence-electron chi connectivity index (χ3n) is 5.78. The van der Waals surface area contributed by atoms with Crippen LogP contribution in [0.2, 0.25) is 0 Å². The van der Waals surface area contributed by atoms with Gasteiger partial charge in [0.2, 0.25) is 10.0 Å². The summed E-state index contributed by atoms with van der Waals surface area (Å²) in [5, 5.41) is 10.4. The molecule has 8 nitrogen and oxygen atoms in total. The first-order chi connectivity index (χ1) is 15.7.